The van der Waals surface area contributed by atoms with E-state index < -0.39 is 26.1 Å². The van der Waals surface area contributed by atoms with Gasteiger partial charge in [-0.15, -0.1) is 0 Å². The van der Waals surface area contributed by atoms with Crippen LogP contribution in [0, 0.1) is 35.6 Å². The average Bonchev–Trinajstić information content (AvgIpc) is 3.03. The molecule has 16 heavy (non-hydrogen) atoms. The maximum absolute atomic E-state index is 8.46. The molecule has 0 aromatic rings. The van der Waals surface area contributed by atoms with E-state index in [0.717, 1.165) is 0 Å². The van der Waals surface area contributed by atoms with Gasteiger partial charge in [0, 0.05) is 26.2 Å². The summed E-state index contributed by atoms with van der Waals surface area (Å²) in [5, 5.41) is 6.00. The maximum Gasteiger partial charge on any atom is 3.00 e. The smallest absolute Gasteiger partial charge is 0.804 e. The standard InChI is InChI=1S/2C2H5N.La.3H3O2P/c2*1-2-3-1;;3*1-3-2/h2*3H,1-2H2;;3*3H2,(H,1,2)/q;;+3;;;/p-3. The monoisotopic (exact) mass is 420 g/mol. The molecule has 2 heterocycles. The Morgan fingerprint density at radius 1 is 0.688 bits per heavy atom. The van der Waals surface area contributed by atoms with E-state index in [0.29, 0.717) is 0 Å². The van der Waals surface area contributed by atoms with Crippen molar-refractivity contribution in [3.05, 3.63) is 0 Å². The van der Waals surface area contributed by atoms with Crippen molar-refractivity contribution in [3.8, 4) is 0 Å². The molecule has 0 aromatic carbocycles. The Balaban J connectivity index is -0.0000000554. The third-order valence-corrected chi connectivity index (χ3v) is 0.500. The summed E-state index contributed by atoms with van der Waals surface area (Å²) >= 11 is 0. The maximum atomic E-state index is 8.46. The molecule has 2 rings (SSSR count). The molecule has 0 bridgehead atoms. The van der Waals surface area contributed by atoms with Gasteiger partial charge in [-0.05, 0) is 26.1 Å². The van der Waals surface area contributed by atoms with Gasteiger partial charge in [-0.25, -0.2) is 0 Å². The molecule has 2 aliphatic heterocycles. The van der Waals surface area contributed by atoms with Crippen LogP contribution in [-0.4, -0.2) is 26.2 Å². The normalized spacial score (nSPS) is 14.4. The Morgan fingerprint density at radius 3 is 0.750 bits per heavy atom. The molecule has 0 amide bonds. The Bertz CT molecular complexity index is 115. The Hall–Kier alpha value is 1.68. The van der Waals surface area contributed by atoms with Crippen LogP contribution in [0.25, 0.3) is 0 Å². The third-order valence-electron chi connectivity index (χ3n) is 0.500. The molecule has 0 aliphatic carbocycles. The van der Waals surface area contributed by atoms with Crippen LogP contribution in [0.2, 0.25) is 0 Å². The van der Waals surface area contributed by atoms with E-state index in [1.54, 1.807) is 0 Å². The molecule has 0 spiro atoms. The van der Waals surface area contributed by atoms with Gasteiger partial charge in [0.1, 0.15) is 0 Å². The minimum Gasteiger partial charge on any atom is -0.804 e. The Labute approximate surface area is 126 Å². The van der Waals surface area contributed by atoms with Crippen LogP contribution in [0.4, 0.5) is 0 Å². The van der Waals surface area contributed by atoms with Gasteiger partial charge < -0.3 is 39.0 Å². The van der Waals surface area contributed by atoms with E-state index in [1.165, 1.54) is 26.2 Å². The number of rotatable bonds is 0. The van der Waals surface area contributed by atoms with Crippen LogP contribution in [-0.2, 0) is 13.7 Å². The van der Waals surface area contributed by atoms with Crippen LogP contribution >= 0.6 is 26.1 Å². The van der Waals surface area contributed by atoms with Crippen molar-refractivity contribution in [2.45, 2.75) is 0 Å². The van der Waals surface area contributed by atoms with Crippen molar-refractivity contribution in [3.63, 3.8) is 0 Å². The first-order valence-electron chi connectivity index (χ1n) is 3.83. The summed E-state index contributed by atoms with van der Waals surface area (Å²) in [6.07, 6.45) is 0. The molecule has 0 radical (unpaired) electrons. The van der Waals surface area contributed by atoms with E-state index in [-0.39, 0.29) is 35.6 Å². The van der Waals surface area contributed by atoms with E-state index in [9.17, 15) is 0 Å². The summed E-state index contributed by atoms with van der Waals surface area (Å²) in [5.74, 6) is 0. The fourth-order valence-electron chi connectivity index (χ4n) is 0. The second-order valence-electron chi connectivity index (χ2n) is 1.79. The number of nitrogens with one attached hydrogen (secondary N) is 2. The van der Waals surface area contributed by atoms with Crippen molar-refractivity contribution in [1.29, 1.82) is 0 Å². The Kier molecular flexibility index (Phi) is 59.1. The molecule has 3 atom stereocenters. The van der Waals surface area contributed by atoms with Crippen LogP contribution in [0.15, 0.2) is 0 Å². The van der Waals surface area contributed by atoms with Gasteiger partial charge in [0.05, 0.1) is 0 Å². The fourth-order valence-corrected chi connectivity index (χ4v) is 0. The fraction of sp³-hybridized carbons (Fsp3) is 1.00. The van der Waals surface area contributed by atoms with Gasteiger partial charge in [-0.3, -0.25) is 0 Å². The molecule has 8 nitrogen and oxygen atoms in total. The average molecular weight is 420 g/mol. The van der Waals surface area contributed by atoms with Crippen molar-refractivity contribution < 1.29 is 64.0 Å². The van der Waals surface area contributed by atoms with Gasteiger partial charge >= 0.3 is 35.6 Å². The van der Waals surface area contributed by atoms with Gasteiger partial charge in [-0.1, -0.05) is 0 Å². The second kappa shape index (κ2) is 36.0. The molecule has 0 saturated carbocycles. The predicted octanol–water partition coefficient (Wildman–Crippen LogP) is -3.77. The number of hydrogen-bond acceptors (Lipinski definition) is 8. The van der Waals surface area contributed by atoms with Crippen LogP contribution in [0.5, 0.6) is 0 Å². The third kappa shape index (κ3) is 249. The molecule has 2 N–H and O–H groups in total. The molecule has 0 aromatic heterocycles. The first-order valence-corrected chi connectivity index (χ1v) is 6.66. The summed E-state index contributed by atoms with van der Waals surface area (Å²) in [4.78, 5) is 25.4. The molecule has 12 heteroatoms. The summed E-state index contributed by atoms with van der Waals surface area (Å²) in [7, 11) is -5.25. The molecular weight excluding hydrogens is 404 g/mol. The summed E-state index contributed by atoms with van der Waals surface area (Å²) < 4.78 is 25.4. The van der Waals surface area contributed by atoms with Crippen molar-refractivity contribution in [2.24, 2.45) is 0 Å². The molecule has 2 fully saturated rings. The van der Waals surface area contributed by atoms with Crippen LogP contribution < -0.4 is 25.3 Å². The zero-order chi connectivity index (χ0) is 12.4. The molecule has 2 aliphatic rings. The summed E-state index contributed by atoms with van der Waals surface area (Å²) in [6, 6.07) is 0. The molecule has 2 saturated heterocycles. The van der Waals surface area contributed by atoms with Gasteiger partial charge in [0.15, 0.2) is 0 Å². The summed E-state index contributed by atoms with van der Waals surface area (Å²) in [6.45, 7) is 5.00. The van der Waals surface area contributed by atoms with Gasteiger partial charge in [-0.2, -0.15) is 0 Å². The quantitative estimate of drug-likeness (QED) is 0.298. The van der Waals surface area contributed by atoms with E-state index in [4.69, 9.17) is 28.4 Å². The SMILES string of the molecule is C1CN1.C1CN1.O=[PH2][O-].O=[PH2][O-].O=[PH2][O-].[La+3]. The topological polar surface area (TPSA) is 164 Å². The predicted molar refractivity (Wildman–Crippen MR) is 56.9 cm³/mol. The molecule has 3 unspecified atom stereocenters. The van der Waals surface area contributed by atoms with E-state index in [1.807, 2.05) is 0 Å². The van der Waals surface area contributed by atoms with E-state index >= 15 is 0 Å². The Morgan fingerprint density at radius 2 is 0.750 bits per heavy atom. The van der Waals surface area contributed by atoms with Crippen molar-refractivity contribution in [1.82, 2.24) is 10.6 Å². The largest absolute Gasteiger partial charge is 3.00 e. The number of hydrogen-bond donors (Lipinski definition) is 2. The zero-order valence-corrected chi connectivity index (χ0v) is 15.7. The molecular formula is C4H16LaN2O6P3. The van der Waals surface area contributed by atoms with Crippen LogP contribution in [0.3, 0.4) is 0 Å². The van der Waals surface area contributed by atoms with Gasteiger partial charge in [0.25, 0.3) is 0 Å². The van der Waals surface area contributed by atoms with Crippen molar-refractivity contribution >= 4 is 26.1 Å². The first kappa shape index (κ1) is 26.3. The minimum absolute atomic E-state index is 0. The summed E-state index contributed by atoms with van der Waals surface area (Å²) in [5.41, 5.74) is 0. The zero-order valence-electron chi connectivity index (χ0n) is 8.59. The molecule has 96 valence electrons. The van der Waals surface area contributed by atoms with Crippen LogP contribution in [0.1, 0.15) is 0 Å². The van der Waals surface area contributed by atoms with Crippen molar-refractivity contribution in [2.75, 3.05) is 26.2 Å². The minimum atomic E-state index is -1.75. The first-order chi connectivity index (χ1) is 7.24. The van der Waals surface area contributed by atoms with Gasteiger partial charge in [0.2, 0.25) is 0 Å². The van der Waals surface area contributed by atoms with E-state index in [2.05, 4.69) is 10.6 Å². The second-order valence-corrected chi connectivity index (χ2v) is 2.37.